The maximum Gasteiger partial charge on any atom is 0.244 e. The number of carbonyl (C=O) groups is 1. The van der Waals surface area contributed by atoms with Gasteiger partial charge < -0.3 is 25.6 Å². The SMILES string of the molecule is C[C@@H]1OCC2(CCN(c3cnc4c(N5CC(=O)Nc6cnccc65)n[nH]c4n3)CC2)[C@@H]1N. The number of carbonyl (C=O) groups excluding carboxylic acids is 1. The van der Waals surface area contributed by atoms with Crippen LogP contribution in [0.2, 0.25) is 0 Å². The highest BCUT2D eigenvalue weighted by atomic mass is 16.5. The Hall–Kier alpha value is -3.31. The second kappa shape index (κ2) is 7.10. The van der Waals surface area contributed by atoms with Crippen LogP contribution in [-0.4, -0.2) is 69.4 Å². The number of hydrogen-bond acceptors (Lipinski definition) is 9. The maximum atomic E-state index is 12.2. The first-order valence-corrected chi connectivity index (χ1v) is 10.9. The number of nitrogens with zero attached hydrogens (tertiary/aromatic N) is 6. The van der Waals surface area contributed by atoms with Gasteiger partial charge in [0.1, 0.15) is 12.4 Å². The number of rotatable bonds is 2. The highest BCUT2D eigenvalue weighted by Gasteiger charge is 2.47. The number of pyridine rings is 1. The van der Waals surface area contributed by atoms with Gasteiger partial charge in [0.25, 0.3) is 0 Å². The first kappa shape index (κ1) is 19.4. The second-order valence-electron chi connectivity index (χ2n) is 8.89. The van der Waals surface area contributed by atoms with Crippen molar-refractivity contribution in [1.29, 1.82) is 0 Å². The monoisotopic (exact) mass is 435 g/mol. The Morgan fingerprint density at radius 3 is 2.91 bits per heavy atom. The molecular weight excluding hydrogens is 410 g/mol. The van der Waals surface area contributed by atoms with Crippen LogP contribution in [-0.2, 0) is 9.53 Å². The van der Waals surface area contributed by atoms with E-state index in [2.05, 4.69) is 37.3 Å². The van der Waals surface area contributed by atoms with Gasteiger partial charge in [0.2, 0.25) is 5.91 Å². The third kappa shape index (κ3) is 2.92. The number of hydrogen-bond donors (Lipinski definition) is 3. The molecule has 166 valence electrons. The van der Waals surface area contributed by atoms with E-state index in [1.807, 2.05) is 11.0 Å². The predicted octanol–water partition coefficient (Wildman–Crippen LogP) is 1.17. The molecule has 11 heteroatoms. The largest absolute Gasteiger partial charge is 0.376 e. The van der Waals surface area contributed by atoms with Crippen molar-refractivity contribution in [3.63, 3.8) is 0 Å². The molecular formula is C21H25N9O2. The molecule has 1 amide bonds. The Kier molecular flexibility index (Phi) is 4.30. The first-order chi connectivity index (χ1) is 15.5. The van der Waals surface area contributed by atoms with Crippen molar-refractivity contribution in [2.45, 2.75) is 31.9 Å². The normalized spacial score (nSPS) is 24.8. The van der Waals surface area contributed by atoms with Gasteiger partial charge in [0.15, 0.2) is 17.0 Å². The summed E-state index contributed by atoms with van der Waals surface area (Å²) in [7, 11) is 0. The molecule has 3 aromatic rings. The third-order valence-corrected chi connectivity index (χ3v) is 7.09. The van der Waals surface area contributed by atoms with Gasteiger partial charge in [0.05, 0.1) is 36.5 Å². The summed E-state index contributed by atoms with van der Waals surface area (Å²) in [6.07, 6.45) is 7.15. The van der Waals surface area contributed by atoms with Gasteiger partial charge in [0, 0.05) is 30.7 Å². The van der Waals surface area contributed by atoms with Gasteiger partial charge in [-0.15, -0.1) is 0 Å². The number of aromatic amines is 1. The average Bonchev–Trinajstić information content (AvgIpc) is 3.35. The highest BCUT2D eigenvalue weighted by Crippen LogP contribution is 2.42. The van der Waals surface area contributed by atoms with Crippen LogP contribution in [0.1, 0.15) is 19.8 Å². The van der Waals surface area contributed by atoms with Gasteiger partial charge in [-0.3, -0.25) is 14.9 Å². The van der Waals surface area contributed by atoms with Gasteiger partial charge in [-0.1, -0.05) is 0 Å². The van der Waals surface area contributed by atoms with Crippen molar-refractivity contribution in [2.75, 3.05) is 41.4 Å². The molecule has 11 nitrogen and oxygen atoms in total. The van der Waals surface area contributed by atoms with Crippen molar-refractivity contribution < 1.29 is 9.53 Å². The van der Waals surface area contributed by atoms with Gasteiger partial charge in [-0.05, 0) is 25.8 Å². The lowest BCUT2D eigenvalue weighted by Crippen LogP contribution is -2.50. The summed E-state index contributed by atoms with van der Waals surface area (Å²) in [5.41, 5.74) is 9.19. The van der Waals surface area contributed by atoms with E-state index in [0.717, 1.165) is 44.0 Å². The van der Waals surface area contributed by atoms with Crippen LogP contribution in [0.4, 0.5) is 23.0 Å². The number of ether oxygens (including phenoxy) is 1. The summed E-state index contributed by atoms with van der Waals surface area (Å²) in [4.78, 5) is 29.8. The van der Waals surface area contributed by atoms with Crippen LogP contribution in [0.25, 0.3) is 11.2 Å². The molecule has 0 saturated carbocycles. The van der Waals surface area contributed by atoms with Crippen LogP contribution in [0.3, 0.4) is 0 Å². The summed E-state index contributed by atoms with van der Waals surface area (Å²) in [5, 5.41) is 10.3. The zero-order valence-corrected chi connectivity index (χ0v) is 17.8. The van der Waals surface area contributed by atoms with Crippen molar-refractivity contribution in [1.82, 2.24) is 25.1 Å². The Balaban J connectivity index is 1.26. The first-order valence-electron chi connectivity index (χ1n) is 10.9. The fourth-order valence-corrected chi connectivity index (χ4v) is 5.10. The van der Waals surface area contributed by atoms with Crippen LogP contribution in [0, 0.1) is 5.41 Å². The summed E-state index contributed by atoms with van der Waals surface area (Å²) in [6, 6.07) is 1.92. The molecule has 3 aliphatic heterocycles. The van der Waals surface area contributed by atoms with E-state index >= 15 is 0 Å². The number of aromatic nitrogens is 5. The van der Waals surface area contributed by atoms with Crippen LogP contribution < -0.4 is 20.9 Å². The second-order valence-corrected chi connectivity index (χ2v) is 8.89. The minimum absolute atomic E-state index is 0.0612. The zero-order valence-electron chi connectivity index (χ0n) is 17.8. The van der Waals surface area contributed by atoms with Crippen LogP contribution >= 0.6 is 0 Å². The molecule has 1 spiro atoms. The molecule has 0 aromatic carbocycles. The standard InChI is InChI=1S/C21H25N9O2/c1-12-18(22)21(11-32-12)3-6-29(7-4-21)15-9-24-17-19(26-15)27-28-20(17)30-10-16(31)25-13-8-23-5-2-14(13)30/h2,5,8-9,12,18H,3-4,6-7,10-11,22H2,1H3,(H,25,31)(H,26,27,28)/t12-,18+/m0/s1. The Labute approximate surface area is 184 Å². The Morgan fingerprint density at radius 1 is 1.28 bits per heavy atom. The van der Waals surface area contributed by atoms with Gasteiger partial charge in [-0.2, -0.15) is 5.10 Å². The molecule has 4 N–H and O–H groups in total. The highest BCUT2D eigenvalue weighted by molar-refractivity contribution is 6.04. The quantitative estimate of drug-likeness (QED) is 0.541. The third-order valence-electron chi connectivity index (χ3n) is 7.09. The van der Waals surface area contributed by atoms with E-state index in [9.17, 15) is 4.79 Å². The number of amides is 1. The van der Waals surface area contributed by atoms with E-state index in [4.69, 9.17) is 15.5 Å². The summed E-state index contributed by atoms with van der Waals surface area (Å²) in [6.45, 7) is 4.66. The lowest BCUT2D eigenvalue weighted by molar-refractivity contribution is -0.115. The average molecular weight is 435 g/mol. The molecule has 2 fully saturated rings. The van der Waals surface area contributed by atoms with Gasteiger partial charge >= 0.3 is 0 Å². The predicted molar refractivity (Wildman–Crippen MR) is 119 cm³/mol. The zero-order chi connectivity index (χ0) is 21.9. The van der Waals surface area contributed by atoms with Crippen LogP contribution in [0.5, 0.6) is 0 Å². The lowest BCUT2D eigenvalue weighted by atomic mass is 9.73. The van der Waals surface area contributed by atoms with E-state index in [1.54, 1.807) is 18.6 Å². The fourth-order valence-electron chi connectivity index (χ4n) is 5.10. The molecule has 3 aliphatic rings. The van der Waals surface area contributed by atoms with Crippen molar-refractivity contribution in [3.8, 4) is 0 Å². The lowest BCUT2D eigenvalue weighted by Gasteiger charge is -2.41. The van der Waals surface area contributed by atoms with Crippen LogP contribution in [0.15, 0.2) is 24.7 Å². The number of nitrogens with two attached hydrogens (primary N) is 1. The molecule has 2 atom stereocenters. The van der Waals surface area contributed by atoms with E-state index in [1.165, 1.54) is 0 Å². The number of piperidine rings is 1. The molecule has 0 unspecified atom stereocenters. The van der Waals surface area contributed by atoms with Crippen molar-refractivity contribution in [2.24, 2.45) is 11.1 Å². The molecule has 0 radical (unpaired) electrons. The van der Waals surface area contributed by atoms with Crippen molar-refractivity contribution in [3.05, 3.63) is 24.7 Å². The molecule has 32 heavy (non-hydrogen) atoms. The summed E-state index contributed by atoms with van der Waals surface area (Å²) in [5.74, 6) is 1.25. The number of H-pyrrole nitrogens is 1. The fraction of sp³-hybridized carbons (Fsp3) is 0.476. The summed E-state index contributed by atoms with van der Waals surface area (Å²) >= 11 is 0. The van der Waals surface area contributed by atoms with Gasteiger partial charge in [-0.25, -0.2) is 9.97 Å². The number of anilines is 4. The van der Waals surface area contributed by atoms with E-state index < -0.39 is 0 Å². The van der Waals surface area contributed by atoms with E-state index in [-0.39, 0.29) is 30.0 Å². The molecule has 6 rings (SSSR count). The molecule has 2 saturated heterocycles. The molecule has 0 aliphatic carbocycles. The van der Waals surface area contributed by atoms with E-state index in [0.29, 0.717) is 22.7 Å². The number of fused-ring (bicyclic) bond motifs is 2. The van der Waals surface area contributed by atoms with Crippen molar-refractivity contribution >= 4 is 40.1 Å². The topological polar surface area (TPSA) is 138 Å². The molecule has 0 bridgehead atoms. The maximum absolute atomic E-state index is 12.2. The Morgan fingerprint density at radius 2 is 2.12 bits per heavy atom. The smallest absolute Gasteiger partial charge is 0.244 e. The molecule has 3 aromatic heterocycles. The minimum Gasteiger partial charge on any atom is -0.376 e. The number of nitrogens with one attached hydrogen (secondary N) is 2. The summed E-state index contributed by atoms with van der Waals surface area (Å²) < 4.78 is 5.83. The Bertz CT molecular complexity index is 1190. The molecule has 6 heterocycles. The minimum atomic E-state index is -0.128.